The summed E-state index contributed by atoms with van der Waals surface area (Å²) in [6, 6.07) is 14.6. The molecule has 0 atom stereocenters. The number of carbonyl (C=O) groups excluding carboxylic acids is 3. The molecule has 2 aromatic rings. The normalized spacial score (nSPS) is 10.8. The lowest BCUT2D eigenvalue weighted by Gasteiger charge is -2.19. The molecular weight excluding hydrogens is 450 g/mol. The lowest BCUT2D eigenvalue weighted by atomic mass is 10.1. The van der Waals surface area contributed by atoms with E-state index >= 15 is 0 Å². The maximum atomic E-state index is 12.2. The molecule has 3 N–H and O–H groups in total. The van der Waals surface area contributed by atoms with Crippen LogP contribution in [0.4, 0.5) is 16.2 Å². The molecule has 0 fully saturated rings. The molecule has 8 heteroatoms. The fraction of sp³-hybridized carbons (Fsp3) is 0.318. The number of hydrogen-bond donors (Lipinski definition) is 3. The molecule has 0 aromatic heterocycles. The van der Waals surface area contributed by atoms with Crippen LogP contribution in [0.15, 0.2) is 53.0 Å². The Morgan fingerprint density at radius 1 is 0.900 bits per heavy atom. The quantitative estimate of drug-likeness (QED) is 0.549. The Balaban J connectivity index is 1.76. The summed E-state index contributed by atoms with van der Waals surface area (Å²) in [5.41, 5.74) is 1.64. The summed E-state index contributed by atoms with van der Waals surface area (Å²) in [5, 5.41) is 7.89. The van der Waals surface area contributed by atoms with Gasteiger partial charge in [-0.25, -0.2) is 4.79 Å². The van der Waals surface area contributed by atoms with Crippen LogP contribution in [0.5, 0.6) is 0 Å². The van der Waals surface area contributed by atoms with Gasteiger partial charge in [-0.1, -0.05) is 34.1 Å². The summed E-state index contributed by atoms with van der Waals surface area (Å²) in [6.45, 7) is 5.03. The standard InChI is InChI=1S/C22H26BrN3O4/c1-22(2,3)30-21(29)24-14-20(28)26-17-11-9-16(10-12-17)25-19(27)13-8-15-6-4-5-7-18(15)23/h4-7,9-12H,8,13-14H2,1-3H3,(H,24,29)(H,25,27)(H,26,28). The van der Waals surface area contributed by atoms with Gasteiger partial charge in [0.05, 0.1) is 0 Å². The molecule has 160 valence electrons. The van der Waals surface area contributed by atoms with Gasteiger partial charge in [0.2, 0.25) is 11.8 Å². The highest BCUT2D eigenvalue weighted by Gasteiger charge is 2.16. The number of benzene rings is 2. The van der Waals surface area contributed by atoms with E-state index in [0.29, 0.717) is 24.2 Å². The number of nitrogens with one attached hydrogen (secondary N) is 3. The zero-order valence-corrected chi connectivity index (χ0v) is 18.8. The van der Waals surface area contributed by atoms with Crippen molar-refractivity contribution in [1.82, 2.24) is 5.32 Å². The molecule has 0 radical (unpaired) electrons. The van der Waals surface area contributed by atoms with Crippen molar-refractivity contribution in [2.45, 2.75) is 39.2 Å². The van der Waals surface area contributed by atoms with Gasteiger partial charge in [0, 0.05) is 22.3 Å². The van der Waals surface area contributed by atoms with Gasteiger partial charge in [-0.05, 0) is 63.1 Å². The zero-order valence-electron chi connectivity index (χ0n) is 17.3. The molecule has 0 aliphatic carbocycles. The van der Waals surface area contributed by atoms with E-state index in [1.807, 2.05) is 24.3 Å². The van der Waals surface area contributed by atoms with Crippen LogP contribution >= 0.6 is 15.9 Å². The Labute approximate surface area is 184 Å². The van der Waals surface area contributed by atoms with Gasteiger partial charge in [-0.2, -0.15) is 0 Å². The fourth-order valence-corrected chi connectivity index (χ4v) is 2.96. The number of rotatable bonds is 7. The Morgan fingerprint density at radius 2 is 1.47 bits per heavy atom. The lowest BCUT2D eigenvalue weighted by molar-refractivity contribution is -0.116. The molecule has 3 amide bonds. The summed E-state index contributed by atoms with van der Waals surface area (Å²) < 4.78 is 6.06. The van der Waals surface area contributed by atoms with Crippen molar-refractivity contribution in [1.29, 1.82) is 0 Å². The number of halogens is 1. The van der Waals surface area contributed by atoms with Crippen LogP contribution < -0.4 is 16.0 Å². The number of anilines is 2. The summed E-state index contributed by atoms with van der Waals surface area (Å²) in [7, 11) is 0. The van der Waals surface area contributed by atoms with Crippen LogP contribution in [0.3, 0.4) is 0 Å². The molecule has 2 aromatic carbocycles. The molecule has 0 unspecified atom stereocenters. The Hall–Kier alpha value is -2.87. The van der Waals surface area contributed by atoms with Crippen LogP contribution in [0.25, 0.3) is 0 Å². The Morgan fingerprint density at radius 3 is 2.03 bits per heavy atom. The monoisotopic (exact) mass is 475 g/mol. The minimum atomic E-state index is -0.654. The largest absolute Gasteiger partial charge is 0.444 e. The molecule has 0 aliphatic rings. The summed E-state index contributed by atoms with van der Waals surface area (Å²) in [6.07, 6.45) is 0.335. The van der Waals surface area contributed by atoms with Crippen molar-refractivity contribution >= 4 is 45.2 Å². The van der Waals surface area contributed by atoms with Crippen molar-refractivity contribution in [3.8, 4) is 0 Å². The van der Waals surface area contributed by atoms with E-state index in [1.165, 1.54) is 0 Å². The Bertz CT molecular complexity index is 892. The summed E-state index contributed by atoms with van der Waals surface area (Å²) >= 11 is 3.48. The number of carbonyl (C=O) groups is 3. The topological polar surface area (TPSA) is 96.5 Å². The SMILES string of the molecule is CC(C)(C)OC(=O)NCC(=O)Nc1ccc(NC(=O)CCc2ccccc2Br)cc1. The first-order chi connectivity index (χ1) is 14.1. The third kappa shape index (κ3) is 8.65. The zero-order chi connectivity index (χ0) is 22.1. The van der Waals surface area contributed by atoms with Crippen LogP contribution in [0, 0.1) is 0 Å². The predicted octanol–water partition coefficient (Wildman–Crippen LogP) is 4.48. The van der Waals surface area contributed by atoms with Crippen LogP contribution in [0.1, 0.15) is 32.8 Å². The van der Waals surface area contributed by atoms with Gasteiger partial charge in [0.25, 0.3) is 0 Å². The van der Waals surface area contributed by atoms with Crippen molar-refractivity contribution < 1.29 is 19.1 Å². The van der Waals surface area contributed by atoms with Crippen molar-refractivity contribution in [2.24, 2.45) is 0 Å². The first-order valence-corrected chi connectivity index (χ1v) is 10.3. The molecule has 0 aliphatic heterocycles. The second kappa shape index (κ2) is 10.8. The van der Waals surface area contributed by atoms with Gasteiger partial charge in [-0.15, -0.1) is 0 Å². The molecule has 7 nitrogen and oxygen atoms in total. The highest BCUT2D eigenvalue weighted by molar-refractivity contribution is 9.10. The van der Waals surface area contributed by atoms with Crippen molar-refractivity contribution in [2.75, 3.05) is 17.2 Å². The second-order valence-electron chi connectivity index (χ2n) is 7.62. The van der Waals surface area contributed by atoms with Gasteiger partial charge in [0.15, 0.2) is 0 Å². The maximum Gasteiger partial charge on any atom is 0.408 e. The molecule has 0 saturated carbocycles. The number of alkyl carbamates (subject to hydrolysis) is 1. The van der Waals surface area contributed by atoms with Gasteiger partial charge in [0.1, 0.15) is 12.1 Å². The molecular formula is C22H26BrN3O4. The van der Waals surface area contributed by atoms with Gasteiger partial charge in [-0.3, -0.25) is 9.59 Å². The first-order valence-electron chi connectivity index (χ1n) is 9.52. The smallest absolute Gasteiger partial charge is 0.408 e. The first kappa shape index (κ1) is 23.4. The van der Waals surface area contributed by atoms with Crippen LogP contribution in [-0.4, -0.2) is 30.1 Å². The summed E-state index contributed by atoms with van der Waals surface area (Å²) in [5.74, 6) is -0.477. The van der Waals surface area contributed by atoms with E-state index < -0.39 is 11.7 Å². The average molecular weight is 476 g/mol. The molecule has 0 heterocycles. The Kier molecular flexibility index (Phi) is 8.41. The third-order valence-corrected chi connectivity index (χ3v) is 4.60. The molecule has 0 saturated heterocycles. The molecule has 0 bridgehead atoms. The summed E-state index contributed by atoms with van der Waals surface area (Å²) in [4.78, 5) is 35.7. The minimum Gasteiger partial charge on any atom is -0.444 e. The average Bonchev–Trinajstić information content (AvgIpc) is 2.66. The van der Waals surface area contributed by atoms with Crippen LogP contribution in [0.2, 0.25) is 0 Å². The van der Waals surface area contributed by atoms with E-state index in [4.69, 9.17) is 4.74 Å². The lowest BCUT2D eigenvalue weighted by Crippen LogP contribution is -2.37. The fourth-order valence-electron chi connectivity index (χ4n) is 2.48. The van der Waals surface area contributed by atoms with E-state index in [1.54, 1.807) is 45.0 Å². The van der Waals surface area contributed by atoms with Gasteiger partial charge < -0.3 is 20.7 Å². The van der Waals surface area contributed by atoms with E-state index in [2.05, 4.69) is 31.9 Å². The molecule has 2 rings (SSSR count). The third-order valence-electron chi connectivity index (χ3n) is 3.82. The molecule has 0 spiro atoms. The minimum absolute atomic E-state index is 0.0934. The number of ether oxygens (including phenoxy) is 1. The van der Waals surface area contributed by atoms with Crippen molar-refractivity contribution in [3.63, 3.8) is 0 Å². The highest BCUT2D eigenvalue weighted by Crippen LogP contribution is 2.18. The maximum absolute atomic E-state index is 12.2. The highest BCUT2D eigenvalue weighted by atomic mass is 79.9. The van der Waals surface area contributed by atoms with E-state index in [0.717, 1.165) is 10.0 Å². The van der Waals surface area contributed by atoms with E-state index in [-0.39, 0.29) is 18.4 Å². The van der Waals surface area contributed by atoms with Crippen molar-refractivity contribution in [3.05, 3.63) is 58.6 Å². The van der Waals surface area contributed by atoms with Gasteiger partial charge >= 0.3 is 6.09 Å². The number of hydrogen-bond acceptors (Lipinski definition) is 4. The number of amides is 3. The molecule has 30 heavy (non-hydrogen) atoms. The number of aryl methyl sites for hydroxylation is 1. The van der Waals surface area contributed by atoms with E-state index in [9.17, 15) is 14.4 Å². The van der Waals surface area contributed by atoms with Crippen LogP contribution in [-0.2, 0) is 20.7 Å². The second-order valence-corrected chi connectivity index (χ2v) is 8.47. The predicted molar refractivity (Wildman–Crippen MR) is 120 cm³/mol.